The number of rotatable bonds is 0. The summed E-state index contributed by atoms with van der Waals surface area (Å²) in [4.78, 5) is 0. The molecule has 4 N–H and O–H groups in total. The minimum absolute atomic E-state index is 0. The van der Waals surface area contributed by atoms with E-state index in [0.717, 1.165) is 0 Å². The fourth-order valence-electron chi connectivity index (χ4n) is 0. The Hall–Kier alpha value is 2.53. The number of hydrogen-bond donors (Lipinski definition) is 4. The summed E-state index contributed by atoms with van der Waals surface area (Å²) in [6.45, 7) is 0. The Morgan fingerprint density at radius 3 is 0.857 bits per heavy atom. The van der Waals surface area contributed by atoms with E-state index in [1.807, 2.05) is 0 Å². The van der Waals surface area contributed by atoms with Gasteiger partial charge in [-0.3, -0.25) is 0 Å². The molecular weight excluding hydrogens is 200 g/mol. The molecule has 4 nitrogen and oxygen atoms in total. The molecule has 0 unspecified atom stereocenters. The second-order valence-electron chi connectivity index (χ2n) is 0.600. The van der Waals surface area contributed by atoms with Crippen LogP contribution in [0.5, 0.6) is 0 Å². The molecule has 0 saturated carbocycles. The molecule has 0 spiro atoms. The maximum atomic E-state index is 7.38. The van der Waals surface area contributed by atoms with Crippen LogP contribution in [-0.2, 0) is 39.9 Å². The molecule has 0 radical (unpaired) electrons. The van der Waals surface area contributed by atoms with Crippen LogP contribution < -0.4 is 0 Å². The van der Waals surface area contributed by atoms with E-state index in [2.05, 4.69) is 0 Å². The van der Waals surface area contributed by atoms with E-state index in [4.69, 9.17) is 14.8 Å². The van der Waals surface area contributed by atoms with Gasteiger partial charge in [0.2, 0.25) is 0 Å². The normalized spacial score (nSPS) is 8.57. The van der Waals surface area contributed by atoms with E-state index in [0.29, 0.717) is 0 Å². The average molecular weight is 206 g/mol. The molecule has 7 heavy (non-hydrogen) atoms. The third-order valence-corrected chi connectivity index (χ3v) is 0. The first-order valence-electron chi connectivity index (χ1n) is 0.894. The summed E-state index contributed by atoms with van der Waals surface area (Å²) in [6.07, 6.45) is 0. The summed E-state index contributed by atoms with van der Waals surface area (Å²) >= 11 is -5.00. The molecule has 0 aliphatic rings. The smallest absolute Gasteiger partial charge is 0 e. The van der Waals surface area contributed by atoms with E-state index in [1.165, 1.54) is 0 Å². The second kappa shape index (κ2) is 6.65. The van der Waals surface area contributed by atoms with Crippen LogP contribution in [0.2, 0.25) is 0 Å². The molecule has 0 fully saturated rings. The van der Waals surface area contributed by atoms with E-state index in [1.54, 1.807) is 0 Å². The van der Waals surface area contributed by atoms with Crippen molar-refractivity contribution in [3.63, 3.8) is 0 Å². The Morgan fingerprint density at radius 2 is 0.857 bits per heavy atom. The Bertz CT molecular complexity index is 25.2. The van der Waals surface area contributed by atoms with E-state index in [-0.39, 0.29) is 59.5 Å². The summed E-state index contributed by atoms with van der Waals surface area (Å²) in [6, 6.07) is 0. The Balaban J connectivity index is -0.0000000800. The maximum Gasteiger partial charge on any atom is 0 e. The predicted octanol–water partition coefficient (Wildman–Crippen LogP) is -3.15. The zero-order chi connectivity index (χ0) is 4.50. The van der Waals surface area contributed by atoms with E-state index >= 15 is 0 Å². The van der Waals surface area contributed by atoms with Crippen LogP contribution in [0.1, 0.15) is 0 Å². The van der Waals surface area contributed by atoms with Crippen molar-refractivity contribution in [3.8, 4) is 0 Å². The molecule has 0 aromatic heterocycles. The van der Waals surface area contributed by atoms with Crippen molar-refractivity contribution in [1.82, 2.24) is 0 Å². The molecule has 0 aliphatic carbocycles. The minimum Gasteiger partial charge on any atom is 0 e. The van der Waals surface area contributed by atoms with Gasteiger partial charge < -0.3 is 0 Å². The third-order valence-electron chi connectivity index (χ3n) is 0. The van der Waals surface area contributed by atoms with Crippen LogP contribution in [0.3, 0.4) is 0 Å². The van der Waals surface area contributed by atoms with Crippen LogP contribution >= 0.6 is 0 Å². The molecular formula is H6CaO4Ti2. The standard InChI is InChI=1S/Ca.4H2O.2Ti.2H/h;4*1H2;;;;/q;;;;;;+4;;/p-4. The van der Waals surface area contributed by atoms with Gasteiger partial charge in [-0.05, 0) is 0 Å². The summed E-state index contributed by atoms with van der Waals surface area (Å²) in [5, 5.41) is 0. The third kappa shape index (κ3) is 56.9. The second-order valence-corrected chi connectivity index (χ2v) is 2.47. The van der Waals surface area contributed by atoms with Crippen molar-refractivity contribution in [3.05, 3.63) is 0 Å². The summed E-state index contributed by atoms with van der Waals surface area (Å²) in [5.74, 6) is 0. The molecule has 0 rings (SSSR count). The van der Waals surface area contributed by atoms with Crippen molar-refractivity contribution >= 4 is 37.7 Å². The van der Waals surface area contributed by atoms with E-state index < -0.39 is 18.1 Å². The van der Waals surface area contributed by atoms with Crippen LogP contribution in [0.15, 0.2) is 0 Å². The topological polar surface area (TPSA) is 80.9 Å². The van der Waals surface area contributed by atoms with Crippen LogP contribution in [0.4, 0.5) is 0 Å². The predicted molar refractivity (Wildman–Crippen MR) is 17.4 cm³/mol. The molecule has 0 bridgehead atoms. The summed E-state index contributed by atoms with van der Waals surface area (Å²) < 4.78 is 29.5. The van der Waals surface area contributed by atoms with Crippen LogP contribution in [-0.4, -0.2) is 52.5 Å². The Kier molecular flexibility index (Phi) is 15.4. The van der Waals surface area contributed by atoms with Gasteiger partial charge in [-0.15, -0.1) is 0 Å². The first kappa shape index (κ1) is 16.3. The molecule has 0 heterocycles. The first-order chi connectivity index (χ1) is 2.00. The van der Waals surface area contributed by atoms with Crippen LogP contribution in [0.25, 0.3) is 0 Å². The van der Waals surface area contributed by atoms with Crippen molar-refractivity contribution in [2.45, 2.75) is 0 Å². The van der Waals surface area contributed by atoms with Crippen molar-refractivity contribution < 1.29 is 54.6 Å². The van der Waals surface area contributed by atoms with E-state index in [9.17, 15) is 0 Å². The minimum atomic E-state index is -5.00. The Labute approximate surface area is 90.7 Å². The van der Waals surface area contributed by atoms with Gasteiger partial charge in [0.05, 0.1) is 0 Å². The van der Waals surface area contributed by atoms with Gasteiger partial charge in [0, 0.05) is 21.7 Å². The van der Waals surface area contributed by atoms with Gasteiger partial charge in [0.1, 0.15) is 0 Å². The van der Waals surface area contributed by atoms with Gasteiger partial charge in [0.15, 0.2) is 0 Å². The fourth-order valence-corrected chi connectivity index (χ4v) is 0. The van der Waals surface area contributed by atoms with Gasteiger partial charge in [-0.2, -0.15) is 0 Å². The van der Waals surface area contributed by atoms with Gasteiger partial charge in [0.25, 0.3) is 0 Å². The maximum absolute atomic E-state index is 7.38. The van der Waals surface area contributed by atoms with Gasteiger partial charge >= 0.3 is 70.6 Å². The number of hydrogen-bond acceptors (Lipinski definition) is 4. The zero-order valence-electron chi connectivity index (χ0n) is 2.79. The monoisotopic (exact) mass is 206 g/mol. The molecule has 0 saturated heterocycles. The molecule has 0 amide bonds. The molecule has 0 aromatic rings. The zero-order valence-corrected chi connectivity index (χ0v) is 5.91. The molecule has 40 valence electrons. The molecule has 0 atom stereocenters. The van der Waals surface area contributed by atoms with Crippen molar-refractivity contribution in [2.24, 2.45) is 0 Å². The van der Waals surface area contributed by atoms with Crippen molar-refractivity contribution in [2.75, 3.05) is 0 Å². The Morgan fingerprint density at radius 1 is 0.857 bits per heavy atom. The van der Waals surface area contributed by atoms with Gasteiger partial charge in [-0.25, -0.2) is 0 Å². The quantitative estimate of drug-likeness (QED) is 0.315. The van der Waals surface area contributed by atoms with Gasteiger partial charge in [-0.1, -0.05) is 0 Å². The molecule has 0 aliphatic heterocycles. The first-order valence-corrected chi connectivity index (χ1v) is 3.69. The summed E-state index contributed by atoms with van der Waals surface area (Å²) in [5.41, 5.74) is 0. The van der Waals surface area contributed by atoms with Crippen molar-refractivity contribution in [1.29, 1.82) is 0 Å². The molecule has 0 aromatic carbocycles. The SMILES string of the molecule is [CaH2].[OH][Ti]([OH])([OH])[OH].[Ti]. The fraction of sp³-hybridized carbons (Fsp3) is 0. The summed E-state index contributed by atoms with van der Waals surface area (Å²) in [7, 11) is 0. The largest absolute Gasteiger partial charge is 0 e. The molecule has 7 heteroatoms. The van der Waals surface area contributed by atoms with Crippen LogP contribution in [0, 0.1) is 0 Å². The average Bonchev–Trinajstić information content (AvgIpc) is 0.722.